The maximum Gasteiger partial charge on any atom is 0.228 e. The molecule has 0 bridgehead atoms. The van der Waals surface area contributed by atoms with Gasteiger partial charge in [-0.2, -0.15) is 0 Å². The van der Waals surface area contributed by atoms with Crippen LogP contribution in [0.25, 0.3) is 0 Å². The number of amides is 2. The van der Waals surface area contributed by atoms with Crippen LogP contribution in [0.5, 0.6) is 0 Å². The molecule has 0 spiro atoms. The molecule has 0 aliphatic carbocycles. The minimum absolute atomic E-state index is 0.0467. The van der Waals surface area contributed by atoms with Crippen LogP contribution in [0.2, 0.25) is 5.02 Å². The molecule has 6 heteroatoms. The van der Waals surface area contributed by atoms with Crippen LogP contribution in [-0.4, -0.2) is 11.8 Å². The summed E-state index contributed by atoms with van der Waals surface area (Å²) < 4.78 is 13.3. The largest absolute Gasteiger partial charge is 0.351 e. The maximum absolute atomic E-state index is 13.3. The normalized spacial score (nSPS) is 16.4. The Hall–Kier alpha value is -2.40. The van der Waals surface area contributed by atoms with Crippen molar-refractivity contribution in [3.63, 3.8) is 0 Å². The van der Waals surface area contributed by atoms with Gasteiger partial charge in [0, 0.05) is 23.7 Å². The fraction of sp³-hybridized carbons (Fsp3) is 0.176. The molecule has 0 aromatic heterocycles. The van der Waals surface area contributed by atoms with Gasteiger partial charge in [-0.05, 0) is 35.4 Å². The number of hydrogen-bond donors (Lipinski definition) is 2. The Labute approximate surface area is 137 Å². The number of carbonyl (C=O) groups excluding carboxylic acids is 2. The van der Waals surface area contributed by atoms with Gasteiger partial charge in [-0.1, -0.05) is 29.8 Å². The van der Waals surface area contributed by atoms with E-state index in [9.17, 15) is 14.0 Å². The second-order valence-corrected chi connectivity index (χ2v) is 5.82. The quantitative estimate of drug-likeness (QED) is 0.906. The minimum Gasteiger partial charge on any atom is -0.351 e. The van der Waals surface area contributed by atoms with Gasteiger partial charge in [0.2, 0.25) is 11.8 Å². The summed E-state index contributed by atoms with van der Waals surface area (Å²) in [5, 5.41) is 6.03. The van der Waals surface area contributed by atoms with E-state index in [1.807, 2.05) is 12.1 Å². The molecule has 4 nitrogen and oxygen atoms in total. The Morgan fingerprint density at radius 1 is 1.26 bits per heavy atom. The highest BCUT2D eigenvalue weighted by Gasteiger charge is 2.30. The van der Waals surface area contributed by atoms with E-state index in [4.69, 9.17) is 11.6 Å². The van der Waals surface area contributed by atoms with Crippen molar-refractivity contribution < 1.29 is 14.0 Å². The Kier molecular flexibility index (Phi) is 4.30. The molecule has 0 saturated carbocycles. The van der Waals surface area contributed by atoms with Crippen LogP contribution in [0.4, 0.5) is 10.1 Å². The number of carbonyl (C=O) groups is 2. The average Bonchev–Trinajstić information content (AvgIpc) is 2.52. The van der Waals surface area contributed by atoms with Crippen molar-refractivity contribution in [2.45, 2.75) is 18.9 Å². The molecule has 3 rings (SSSR count). The monoisotopic (exact) mass is 332 g/mol. The first-order chi connectivity index (χ1) is 11.0. The summed E-state index contributed by atoms with van der Waals surface area (Å²) in [5.41, 5.74) is 1.88. The molecule has 0 fully saturated rings. The summed E-state index contributed by atoms with van der Waals surface area (Å²) in [6.07, 6.45) is 0.0467. The first kappa shape index (κ1) is 15.5. The molecule has 1 aliphatic rings. The van der Waals surface area contributed by atoms with Crippen LogP contribution < -0.4 is 10.6 Å². The number of rotatable bonds is 3. The van der Waals surface area contributed by atoms with E-state index in [-0.39, 0.29) is 18.2 Å². The maximum atomic E-state index is 13.3. The molecule has 118 valence electrons. The van der Waals surface area contributed by atoms with Gasteiger partial charge in [0.15, 0.2) is 0 Å². The Bertz CT molecular complexity index is 762. The molecule has 2 aromatic carbocycles. The van der Waals surface area contributed by atoms with Crippen molar-refractivity contribution in [1.29, 1.82) is 0 Å². The molecule has 23 heavy (non-hydrogen) atoms. The highest BCUT2D eigenvalue weighted by atomic mass is 35.5. The third-order valence-electron chi connectivity index (χ3n) is 3.75. The summed E-state index contributed by atoms with van der Waals surface area (Å²) in [6.45, 7) is 0.338. The summed E-state index contributed by atoms with van der Waals surface area (Å²) >= 11 is 5.82. The van der Waals surface area contributed by atoms with Crippen molar-refractivity contribution in [2.24, 2.45) is 0 Å². The number of anilines is 1. The van der Waals surface area contributed by atoms with E-state index in [1.165, 1.54) is 18.2 Å². The topological polar surface area (TPSA) is 58.2 Å². The van der Waals surface area contributed by atoms with Gasteiger partial charge in [0.25, 0.3) is 0 Å². The number of nitrogens with one attached hydrogen (secondary N) is 2. The SMILES string of the molecule is O=C1CC(C(=O)NCc2ccc(Cl)cc2)c2ccc(F)cc2N1. The lowest BCUT2D eigenvalue weighted by molar-refractivity contribution is -0.126. The minimum atomic E-state index is -0.619. The van der Waals surface area contributed by atoms with Gasteiger partial charge in [-0.3, -0.25) is 9.59 Å². The summed E-state index contributed by atoms with van der Waals surface area (Å²) in [6, 6.07) is 11.2. The third-order valence-corrected chi connectivity index (χ3v) is 4.00. The van der Waals surface area contributed by atoms with Gasteiger partial charge in [0.05, 0.1) is 5.92 Å². The zero-order valence-corrected chi connectivity index (χ0v) is 12.9. The van der Waals surface area contributed by atoms with Gasteiger partial charge in [0.1, 0.15) is 5.82 Å². The first-order valence-electron chi connectivity index (χ1n) is 7.14. The van der Waals surface area contributed by atoms with E-state index in [2.05, 4.69) is 10.6 Å². The molecule has 1 atom stereocenters. The zero-order valence-electron chi connectivity index (χ0n) is 12.1. The Morgan fingerprint density at radius 3 is 2.74 bits per heavy atom. The van der Waals surface area contributed by atoms with Crippen molar-refractivity contribution >= 4 is 29.1 Å². The van der Waals surface area contributed by atoms with Crippen LogP contribution >= 0.6 is 11.6 Å². The molecule has 1 heterocycles. The van der Waals surface area contributed by atoms with E-state index in [0.29, 0.717) is 22.8 Å². The van der Waals surface area contributed by atoms with Gasteiger partial charge in [-0.15, -0.1) is 0 Å². The van der Waals surface area contributed by atoms with Crippen LogP contribution in [-0.2, 0) is 16.1 Å². The first-order valence-corrected chi connectivity index (χ1v) is 7.52. The van der Waals surface area contributed by atoms with Crippen LogP contribution in [0.3, 0.4) is 0 Å². The number of fused-ring (bicyclic) bond motifs is 1. The van der Waals surface area contributed by atoms with E-state index >= 15 is 0 Å². The van der Waals surface area contributed by atoms with Crippen LogP contribution in [0.1, 0.15) is 23.5 Å². The molecule has 2 amide bonds. The molecule has 2 aromatic rings. The lowest BCUT2D eigenvalue weighted by atomic mass is 9.89. The predicted molar refractivity (Wildman–Crippen MR) is 85.7 cm³/mol. The second kappa shape index (κ2) is 6.38. The van der Waals surface area contributed by atoms with Crippen molar-refractivity contribution in [1.82, 2.24) is 5.32 Å². The van der Waals surface area contributed by atoms with Gasteiger partial charge < -0.3 is 10.6 Å². The van der Waals surface area contributed by atoms with Crippen LogP contribution in [0, 0.1) is 5.82 Å². The molecule has 0 saturated heterocycles. The number of halogens is 2. The fourth-order valence-corrected chi connectivity index (χ4v) is 2.71. The van der Waals surface area contributed by atoms with E-state index < -0.39 is 11.7 Å². The standard InChI is InChI=1S/C17H14ClFN2O2/c18-11-3-1-10(2-4-11)9-20-17(23)14-8-16(22)21-15-7-12(19)5-6-13(14)15/h1-7,14H,8-9H2,(H,20,23)(H,21,22). The summed E-state index contributed by atoms with van der Waals surface area (Å²) in [4.78, 5) is 24.2. The zero-order chi connectivity index (χ0) is 16.4. The van der Waals surface area contributed by atoms with Crippen LogP contribution in [0.15, 0.2) is 42.5 Å². The summed E-state index contributed by atoms with van der Waals surface area (Å²) in [5.74, 6) is -1.63. The predicted octanol–water partition coefficient (Wildman–Crippen LogP) is 3.22. The van der Waals surface area contributed by atoms with E-state index in [0.717, 1.165) is 5.56 Å². The average molecular weight is 333 g/mol. The van der Waals surface area contributed by atoms with Crippen molar-refractivity contribution in [2.75, 3.05) is 5.32 Å². The molecule has 2 N–H and O–H groups in total. The van der Waals surface area contributed by atoms with Crippen molar-refractivity contribution in [3.05, 3.63) is 64.4 Å². The molecular formula is C17H14ClFN2O2. The molecule has 0 radical (unpaired) electrons. The van der Waals surface area contributed by atoms with Gasteiger partial charge >= 0.3 is 0 Å². The van der Waals surface area contributed by atoms with Crippen molar-refractivity contribution in [3.8, 4) is 0 Å². The lowest BCUT2D eigenvalue weighted by Gasteiger charge is -2.24. The highest BCUT2D eigenvalue weighted by Crippen LogP contribution is 2.32. The Balaban J connectivity index is 1.74. The summed E-state index contributed by atoms with van der Waals surface area (Å²) in [7, 11) is 0. The molecule has 1 aliphatic heterocycles. The molecular weight excluding hydrogens is 319 g/mol. The Morgan fingerprint density at radius 2 is 2.00 bits per heavy atom. The van der Waals surface area contributed by atoms with Gasteiger partial charge in [-0.25, -0.2) is 4.39 Å². The number of hydrogen-bond acceptors (Lipinski definition) is 2. The lowest BCUT2D eigenvalue weighted by Crippen LogP contribution is -2.34. The third kappa shape index (κ3) is 3.51. The molecule has 1 unspecified atom stereocenters. The fourth-order valence-electron chi connectivity index (χ4n) is 2.59. The van der Waals surface area contributed by atoms with E-state index in [1.54, 1.807) is 12.1 Å². The second-order valence-electron chi connectivity index (χ2n) is 5.38. The highest BCUT2D eigenvalue weighted by molar-refractivity contribution is 6.30. The number of benzene rings is 2. The smallest absolute Gasteiger partial charge is 0.228 e.